The lowest BCUT2D eigenvalue weighted by atomic mass is 9.65. The summed E-state index contributed by atoms with van der Waals surface area (Å²) in [4.78, 5) is 11.8. The molecule has 0 radical (unpaired) electrons. The molecule has 0 amide bonds. The van der Waals surface area contributed by atoms with E-state index >= 15 is 0 Å². The maximum absolute atomic E-state index is 5.40. The fourth-order valence-corrected chi connectivity index (χ4v) is 6.05. The van der Waals surface area contributed by atoms with Gasteiger partial charge in [-0.05, 0) is 24.0 Å². The Morgan fingerprint density at radius 2 is 1.29 bits per heavy atom. The Labute approximate surface area is 209 Å². The molecule has 35 heavy (non-hydrogen) atoms. The van der Waals surface area contributed by atoms with Crippen LogP contribution in [0.5, 0.6) is 0 Å². The van der Waals surface area contributed by atoms with Crippen molar-refractivity contribution in [2.24, 2.45) is 5.92 Å². The third kappa shape index (κ3) is 4.33. The molecule has 1 unspecified atom stereocenters. The zero-order valence-corrected chi connectivity index (χ0v) is 21.0. The van der Waals surface area contributed by atoms with E-state index in [2.05, 4.69) is 127 Å². The number of nitrogens with one attached hydrogen (secondary N) is 2. The van der Waals surface area contributed by atoms with Gasteiger partial charge in [0.15, 0.2) is 0 Å². The molecule has 3 aromatic carbocycles. The standard InChI is InChI=1S/C31H36N4/c1-23(2)31(35-21-19-32-20-22-35,29-24(3)33-30(34-29)27-17-11-6-12-18-27)28(25-13-7-4-8-14-25)26-15-9-5-10-16-26/h4-18,23,28,32H,19-22H2,1-3H3,(H,33,34). The summed E-state index contributed by atoms with van der Waals surface area (Å²) in [6.07, 6.45) is 0. The lowest BCUT2D eigenvalue weighted by Crippen LogP contribution is -2.60. The van der Waals surface area contributed by atoms with Crippen LogP contribution in [0.4, 0.5) is 0 Å². The zero-order valence-electron chi connectivity index (χ0n) is 21.0. The van der Waals surface area contributed by atoms with Gasteiger partial charge in [0.25, 0.3) is 0 Å². The highest BCUT2D eigenvalue weighted by molar-refractivity contribution is 5.57. The van der Waals surface area contributed by atoms with Crippen LogP contribution in [0.1, 0.15) is 42.3 Å². The van der Waals surface area contributed by atoms with E-state index in [1.165, 1.54) is 11.1 Å². The number of H-pyrrole nitrogens is 1. The number of imidazole rings is 1. The molecule has 0 bridgehead atoms. The van der Waals surface area contributed by atoms with Crippen LogP contribution in [0.2, 0.25) is 0 Å². The van der Waals surface area contributed by atoms with E-state index in [1.807, 2.05) is 0 Å². The Morgan fingerprint density at radius 3 is 1.80 bits per heavy atom. The van der Waals surface area contributed by atoms with Gasteiger partial charge in [0.2, 0.25) is 0 Å². The molecule has 1 aliphatic rings. The van der Waals surface area contributed by atoms with E-state index in [-0.39, 0.29) is 11.5 Å². The number of aromatic nitrogens is 2. The lowest BCUT2D eigenvalue weighted by molar-refractivity contribution is 0.0108. The van der Waals surface area contributed by atoms with E-state index in [9.17, 15) is 0 Å². The van der Waals surface area contributed by atoms with Crippen LogP contribution >= 0.6 is 0 Å². The Morgan fingerprint density at radius 1 is 0.771 bits per heavy atom. The normalized spacial score (nSPS) is 16.5. The maximum atomic E-state index is 5.40. The molecular weight excluding hydrogens is 428 g/mol. The van der Waals surface area contributed by atoms with Crippen LogP contribution < -0.4 is 5.32 Å². The molecule has 1 aliphatic heterocycles. The fourth-order valence-electron chi connectivity index (χ4n) is 6.05. The predicted molar refractivity (Wildman–Crippen MR) is 144 cm³/mol. The van der Waals surface area contributed by atoms with Gasteiger partial charge in [-0.25, -0.2) is 4.98 Å². The van der Waals surface area contributed by atoms with Crippen molar-refractivity contribution in [3.8, 4) is 11.4 Å². The highest BCUT2D eigenvalue weighted by Crippen LogP contribution is 2.51. The molecule has 1 atom stereocenters. The minimum Gasteiger partial charge on any atom is -0.342 e. The molecule has 1 fully saturated rings. The summed E-state index contributed by atoms with van der Waals surface area (Å²) < 4.78 is 0. The van der Waals surface area contributed by atoms with Crippen LogP contribution in [-0.2, 0) is 5.54 Å². The first-order valence-corrected chi connectivity index (χ1v) is 12.8. The summed E-state index contributed by atoms with van der Waals surface area (Å²) in [6, 6.07) is 32.5. The average Bonchev–Trinajstić information content (AvgIpc) is 3.30. The minimum atomic E-state index is -0.321. The van der Waals surface area contributed by atoms with Crippen molar-refractivity contribution < 1.29 is 0 Å². The molecule has 4 aromatic rings. The van der Waals surface area contributed by atoms with Gasteiger partial charge in [-0.2, -0.15) is 0 Å². The van der Waals surface area contributed by atoms with E-state index < -0.39 is 0 Å². The summed E-state index contributed by atoms with van der Waals surface area (Å²) in [5.41, 5.74) is 5.76. The van der Waals surface area contributed by atoms with Crippen molar-refractivity contribution in [1.82, 2.24) is 20.2 Å². The van der Waals surface area contributed by atoms with Crippen molar-refractivity contribution >= 4 is 0 Å². The van der Waals surface area contributed by atoms with Crippen LogP contribution in [0, 0.1) is 12.8 Å². The van der Waals surface area contributed by atoms with E-state index in [1.54, 1.807) is 0 Å². The number of nitrogens with zero attached hydrogens (tertiary/aromatic N) is 2. The molecule has 180 valence electrons. The van der Waals surface area contributed by atoms with Crippen molar-refractivity contribution in [2.75, 3.05) is 26.2 Å². The number of hydrogen-bond acceptors (Lipinski definition) is 3. The van der Waals surface area contributed by atoms with Gasteiger partial charge >= 0.3 is 0 Å². The first kappa shape index (κ1) is 23.5. The molecule has 2 N–H and O–H groups in total. The number of aromatic amines is 1. The number of rotatable bonds is 7. The second kappa shape index (κ2) is 10.2. The van der Waals surface area contributed by atoms with Gasteiger partial charge in [0.05, 0.1) is 11.2 Å². The molecule has 4 heteroatoms. The monoisotopic (exact) mass is 464 g/mol. The SMILES string of the molecule is Cc1[nH]c(-c2ccccc2)nc1C(C(C)C)(C(c1ccccc1)c1ccccc1)N1CCNCC1. The molecule has 1 aromatic heterocycles. The quantitative estimate of drug-likeness (QED) is 0.354. The zero-order chi connectivity index (χ0) is 24.3. The topological polar surface area (TPSA) is 44.0 Å². The second-order valence-electron chi connectivity index (χ2n) is 9.90. The molecule has 5 rings (SSSR count). The molecule has 0 aliphatic carbocycles. The highest BCUT2D eigenvalue weighted by atomic mass is 15.3. The van der Waals surface area contributed by atoms with Crippen molar-refractivity contribution in [3.63, 3.8) is 0 Å². The number of piperazine rings is 1. The van der Waals surface area contributed by atoms with E-state index in [0.717, 1.165) is 49.0 Å². The Kier molecular flexibility index (Phi) is 6.85. The largest absolute Gasteiger partial charge is 0.342 e. The molecule has 4 nitrogen and oxygen atoms in total. The van der Waals surface area contributed by atoms with Gasteiger partial charge in [-0.3, -0.25) is 4.90 Å². The predicted octanol–water partition coefficient (Wildman–Crippen LogP) is 5.97. The van der Waals surface area contributed by atoms with Crippen LogP contribution in [-0.4, -0.2) is 41.0 Å². The van der Waals surface area contributed by atoms with Crippen molar-refractivity contribution in [3.05, 3.63) is 114 Å². The minimum absolute atomic E-state index is 0.133. The number of hydrogen-bond donors (Lipinski definition) is 2. The summed E-state index contributed by atoms with van der Waals surface area (Å²) in [5.74, 6) is 1.39. The lowest BCUT2D eigenvalue weighted by Gasteiger charge is -2.53. The Balaban J connectivity index is 1.80. The number of benzene rings is 3. The Hall–Kier alpha value is -3.21. The maximum Gasteiger partial charge on any atom is 0.137 e. The van der Waals surface area contributed by atoms with Gasteiger partial charge in [0, 0.05) is 43.4 Å². The van der Waals surface area contributed by atoms with Crippen LogP contribution in [0.15, 0.2) is 91.0 Å². The van der Waals surface area contributed by atoms with Gasteiger partial charge in [0.1, 0.15) is 5.82 Å². The molecule has 0 spiro atoms. The first-order chi connectivity index (χ1) is 17.1. The first-order valence-electron chi connectivity index (χ1n) is 12.8. The van der Waals surface area contributed by atoms with E-state index in [4.69, 9.17) is 4.98 Å². The summed E-state index contributed by atoms with van der Waals surface area (Å²) in [5, 5.41) is 3.57. The molecule has 2 heterocycles. The summed E-state index contributed by atoms with van der Waals surface area (Å²) >= 11 is 0. The van der Waals surface area contributed by atoms with Crippen molar-refractivity contribution in [1.29, 1.82) is 0 Å². The second-order valence-corrected chi connectivity index (χ2v) is 9.90. The third-order valence-corrected chi connectivity index (χ3v) is 7.54. The number of aryl methyl sites for hydroxylation is 1. The smallest absolute Gasteiger partial charge is 0.137 e. The van der Waals surface area contributed by atoms with Gasteiger partial charge < -0.3 is 10.3 Å². The third-order valence-electron chi connectivity index (χ3n) is 7.54. The molecule has 0 saturated carbocycles. The average molecular weight is 465 g/mol. The molecular formula is C31H36N4. The Bertz CT molecular complexity index is 1170. The molecule has 1 saturated heterocycles. The van der Waals surface area contributed by atoms with Crippen molar-refractivity contribution in [2.45, 2.75) is 32.2 Å². The van der Waals surface area contributed by atoms with Gasteiger partial charge in [-0.15, -0.1) is 0 Å². The highest BCUT2D eigenvalue weighted by Gasteiger charge is 2.51. The summed E-state index contributed by atoms with van der Waals surface area (Å²) in [6.45, 7) is 10.9. The fraction of sp³-hybridized carbons (Fsp3) is 0.323. The summed E-state index contributed by atoms with van der Waals surface area (Å²) in [7, 11) is 0. The van der Waals surface area contributed by atoms with E-state index in [0.29, 0.717) is 5.92 Å². The van der Waals surface area contributed by atoms with Crippen LogP contribution in [0.25, 0.3) is 11.4 Å². The van der Waals surface area contributed by atoms with Crippen LogP contribution in [0.3, 0.4) is 0 Å². The van der Waals surface area contributed by atoms with Gasteiger partial charge in [-0.1, -0.05) is 105 Å².